The van der Waals surface area contributed by atoms with Crippen molar-refractivity contribution in [1.82, 2.24) is 36.3 Å². The van der Waals surface area contributed by atoms with Crippen LogP contribution in [0.25, 0.3) is 10.4 Å². The summed E-state index contributed by atoms with van der Waals surface area (Å²) in [6.07, 6.45) is 5.19. The number of nitrogens with zero attached hydrogens (tertiary/aromatic N) is 6. The van der Waals surface area contributed by atoms with Crippen molar-refractivity contribution < 1.29 is 52.8 Å². The van der Waals surface area contributed by atoms with Gasteiger partial charge in [0, 0.05) is 54.4 Å². The third kappa shape index (κ3) is 22.9. The summed E-state index contributed by atoms with van der Waals surface area (Å²) in [4.78, 5) is 79.6. The molecule has 5 N–H and O–H groups in total. The van der Waals surface area contributed by atoms with E-state index in [2.05, 4.69) is 50.3 Å². The van der Waals surface area contributed by atoms with Gasteiger partial charge in [0.1, 0.15) is 35.2 Å². The molecule has 73 heavy (non-hydrogen) atoms. The molecular weight excluding hydrogens is 961 g/mol. The third-order valence-electron chi connectivity index (χ3n) is 12.8. The minimum absolute atomic E-state index is 0.0243. The highest BCUT2D eigenvalue weighted by Crippen LogP contribution is 2.32. The highest BCUT2D eigenvalue weighted by atomic mass is 32.1. The molecule has 1 aliphatic rings. The number of phenolic OH excluding ortho intramolecular Hbond substituents is 1. The molecule has 3 rings (SSSR count). The van der Waals surface area contributed by atoms with Crippen molar-refractivity contribution in [2.75, 3.05) is 79.5 Å². The standard InChI is InChI=1S/C51H84N10O11S/c1-9-22-61(50(66)45(36(6)11-3)56-48(65)42-14-12-13-23-60(42)8)43(35(4)5)33-44(71-24-10-2)49-55-41(34-73-49)47(64)54-39(18-15-38-16-19-40(62)20-17-38)32-37(7)46(63)57-58-51(67)72-31-30-70-29-28-69-27-26-68-25-21-53-59-52/h16-17,19-20,34-37,39,42-45,62H,9-15,18,21-33H2,1-8H3,(H,54,64)(H,56,65)(H,57,63)(H,58,67)/t36-,37-,39-,42+,43+,44+,45-/m0/s1. The van der Waals surface area contributed by atoms with Gasteiger partial charge in [0.2, 0.25) is 17.7 Å². The van der Waals surface area contributed by atoms with Gasteiger partial charge in [0.05, 0.1) is 45.7 Å². The zero-order valence-corrected chi connectivity index (χ0v) is 45.3. The number of benzene rings is 1. The number of rotatable bonds is 35. The van der Waals surface area contributed by atoms with Gasteiger partial charge in [0.25, 0.3) is 5.91 Å². The zero-order valence-electron chi connectivity index (χ0n) is 44.5. The number of hydrogen-bond donors (Lipinski definition) is 5. The predicted molar refractivity (Wildman–Crippen MR) is 279 cm³/mol. The van der Waals surface area contributed by atoms with Crippen molar-refractivity contribution >= 4 is 41.1 Å². The average Bonchev–Trinajstić information content (AvgIpc) is 3.88. The molecule has 0 bridgehead atoms. The van der Waals surface area contributed by atoms with Crippen LogP contribution >= 0.6 is 11.3 Å². The Morgan fingerprint density at radius 3 is 2.22 bits per heavy atom. The first-order chi connectivity index (χ1) is 35.1. The summed E-state index contributed by atoms with van der Waals surface area (Å²) in [6.45, 7) is 17.6. The minimum Gasteiger partial charge on any atom is -0.508 e. The zero-order chi connectivity index (χ0) is 53.5. The number of phenols is 1. The summed E-state index contributed by atoms with van der Waals surface area (Å²) in [7, 11) is 1.97. The van der Waals surface area contributed by atoms with Gasteiger partial charge in [-0.05, 0) is 93.6 Å². The number of hydrogen-bond acceptors (Lipinski definition) is 15. The van der Waals surface area contributed by atoms with Crippen LogP contribution in [0.5, 0.6) is 5.75 Å². The number of carbonyl (C=O) groups is 5. The number of thiazole rings is 1. The molecule has 1 fully saturated rings. The number of aryl methyl sites for hydroxylation is 1. The molecule has 410 valence electrons. The molecule has 1 aromatic carbocycles. The number of ether oxygens (including phenoxy) is 5. The van der Waals surface area contributed by atoms with Gasteiger partial charge in [-0.25, -0.2) is 15.2 Å². The van der Waals surface area contributed by atoms with Crippen molar-refractivity contribution in [3.05, 3.63) is 56.4 Å². The molecule has 5 amide bonds. The smallest absolute Gasteiger partial charge is 0.426 e. The van der Waals surface area contributed by atoms with Crippen molar-refractivity contribution in [2.24, 2.45) is 22.9 Å². The lowest BCUT2D eigenvalue weighted by atomic mass is 9.92. The molecule has 22 heteroatoms. The van der Waals surface area contributed by atoms with Gasteiger partial charge < -0.3 is 44.3 Å². The van der Waals surface area contributed by atoms with Gasteiger partial charge in [-0.1, -0.05) is 78.6 Å². The Morgan fingerprint density at radius 1 is 0.904 bits per heavy atom. The SMILES string of the molecule is CCCO[C@H](C[C@H](C(C)C)N(CCC)C(=O)[C@@H](NC(=O)[C@H]1CCCCN1C)[C@@H](C)CC)c1nc(C(=O)N[C@@H](CCc2ccc(O)cc2)C[C@H](C)C(=O)NNC(=O)OCCOCCOCCOCCN=[N+]=[N-])cs1. The van der Waals surface area contributed by atoms with E-state index in [0.29, 0.717) is 70.3 Å². The van der Waals surface area contributed by atoms with Crippen LogP contribution in [-0.4, -0.2) is 153 Å². The molecule has 1 aromatic heterocycles. The summed E-state index contributed by atoms with van der Waals surface area (Å²) in [5, 5.41) is 21.8. The van der Waals surface area contributed by atoms with Gasteiger partial charge >= 0.3 is 6.09 Å². The fourth-order valence-corrected chi connectivity index (χ4v) is 9.28. The molecule has 1 saturated heterocycles. The first kappa shape index (κ1) is 62.2. The fourth-order valence-electron chi connectivity index (χ4n) is 8.42. The second kappa shape index (κ2) is 35.2. The number of likely N-dealkylation sites (N-methyl/N-ethyl adjacent to an activating group) is 1. The van der Waals surface area contributed by atoms with Gasteiger partial charge in [-0.2, -0.15) is 0 Å². The second-order valence-corrected chi connectivity index (χ2v) is 19.8. The lowest BCUT2D eigenvalue weighted by molar-refractivity contribution is -0.143. The van der Waals surface area contributed by atoms with E-state index in [4.69, 9.17) is 34.2 Å². The molecule has 0 saturated carbocycles. The van der Waals surface area contributed by atoms with Crippen LogP contribution in [0.2, 0.25) is 0 Å². The maximum atomic E-state index is 14.8. The van der Waals surface area contributed by atoms with Crippen molar-refractivity contribution in [3.8, 4) is 5.75 Å². The van der Waals surface area contributed by atoms with E-state index in [-0.39, 0.29) is 80.0 Å². The van der Waals surface area contributed by atoms with Crippen LogP contribution < -0.4 is 21.5 Å². The Kier molecular flexibility index (Phi) is 30.0. The molecule has 21 nitrogen and oxygen atoms in total. The normalized spacial score (nSPS) is 16.3. The van der Waals surface area contributed by atoms with E-state index in [1.807, 2.05) is 39.6 Å². The van der Waals surface area contributed by atoms with Crippen LogP contribution in [0, 0.1) is 17.8 Å². The topological polar surface area (TPSA) is 268 Å². The number of amides is 5. The van der Waals surface area contributed by atoms with E-state index in [0.717, 1.165) is 44.2 Å². The summed E-state index contributed by atoms with van der Waals surface area (Å²) < 4.78 is 27.6. The van der Waals surface area contributed by atoms with Gasteiger partial charge in [0.15, 0.2) is 0 Å². The number of piperidine rings is 1. The number of hydrazine groups is 1. The van der Waals surface area contributed by atoms with E-state index in [1.165, 1.54) is 11.3 Å². The third-order valence-corrected chi connectivity index (χ3v) is 13.7. The quantitative estimate of drug-likeness (QED) is 0.0155. The molecule has 0 spiro atoms. The lowest BCUT2D eigenvalue weighted by Crippen LogP contribution is -2.58. The highest BCUT2D eigenvalue weighted by Gasteiger charge is 2.38. The number of nitrogens with one attached hydrogen (secondary N) is 4. The van der Waals surface area contributed by atoms with Crippen LogP contribution in [0.1, 0.15) is 133 Å². The number of aromatic hydroxyl groups is 1. The predicted octanol–water partition coefficient (Wildman–Crippen LogP) is 6.86. The van der Waals surface area contributed by atoms with E-state index >= 15 is 0 Å². The van der Waals surface area contributed by atoms with Crippen LogP contribution in [-0.2, 0) is 44.5 Å². The molecule has 0 aliphatic carbocycles. The summed E-state index contributed by atoms with van der Waals surface area (Å²) >= 11 is 1.31. The highest BCUT2D eigenvalue weighted by molar-refractivity contribution is 7.09. The summed E-state index contributed by atoms with van der Waals surface area (Å²) in [5.41, 5.74) is 14.0. The number of aromatic nitrogens is 1. The number of azide groups is 1. The second-order valence-electron chi connectivity index (χ2n) is 18.9. The fraction of sp³-hybridized carbons (Fsp3) is 0.725. The molecule has 2 aromatic rings. The lowest BCUT2D eigenvalue weighted by Gasteiger charge is -2.40. The number of likely N-dealkylation sites (tertiary alicyclic amines) is 1. The van der Waals surface area contributed by atoms with E-state index < -0.39 is 42.0 Å². The molecular formula is C51H84N10O11S. The molecule has 0 radical (unpaired) electrons. The summed E-state index contributed by atoms with van der Waals surface area (Å²) in [5.74, 6) is -1.73. The number of carbonyl (C=O) groups excluding carboxylic acids is 5. The van der Waals surface area contributed by atoms with Gasteiger partial charge in [-0.15, -0.1) is 11.3 Å². The maximum absolute atomic E-state index is 14.8. The molecule has 0 unspecified atom stereocenters. The maximum Gasteiger partial charge on any atom is 0.426 e. The average molecular weight is 1050 g/mol. The molecule has 2 heterocycles. The Labute approximate surface area is 436 Å². The molecule has 7 atom stereocenters. The van der Waals surface area contributed by atoms with Crippen LogP contribution in [0.3, 0.4) is 0 Å². The minimum atomic E-state index is -0.873. The Bertz CT molecular complexity index is 1990. The largest absolute Gasteiger partial charge is 0.508 e. The Morgan fingerprint density at radius 2 is 1.59 bits per heavy atom. The van der Waals surface area contributed by atoms with Crippen LogP contribution in [0.4, 0.5) is 4.79 Å². The van der Waals surface area contributed by atoms with Crippen molar-refractivity contribution in [1.29, 1.82) is 0 Å². The van der Waals surface area contributed by atoms with E-state index in [9.17, 15) is 29.1 Å². The molecule has 1 aliphatic heterocycles. The van der Waals surface area contributed by atoms with Crippen molar-refractivity contribution in [2.45, 2.75) is 143 Å². The summed E-state index contributed by atoms with van der Waals surface area (Å²) in [6, 6.07) is 5.06. The van der Waals surface area contributed by atoms with Crippen molar-refractivity contribution in [3.63, 3.8) is 0 Å². The monoisotopic (exact) mass is 1040 g/mol. The first-order valence-electron chi connectivity index (χ1n) is 26.1. The van der Waals surface area contributed by atoms with Crippen LogP contribution in [0.15, 0.2) is 34.8 Å². The Balaban J connectivity index is 1.67. The van der Waals surface area contributed by atoms with E-state index in [1.54, 1.807) is 36.6 Å². The first-order valence-corrected chi connectivity index (χ1v) is 26.9. The Hall–Kier alpha value is -5.09. The van der Waals surface area contributed by atoms with Gasteiger partial charge in [-0.3, -0.25) is 29.5 Å².